The topological polar surface area (TPSA) is 12.5 Å². The van der Waals surface area contributed by atoms with Gasteiger partial charge in [0.15, 0.2) is 0 Å². The van der Waals surface area contributed by atoms with E-state index in [0.717, 1.165) is 28.6 Å². The standard InChI is InChI=1S/C24H18BNO/c1-3-10-17(4-2)26-20-13-7-5-11-18(20)25-19-12-6-8-15-22(19)27-23-16-9-14-21(26)24(23)25/h3-16H,1-2H2/b17-10+. The molecule has 2 aliphatic heterocycles. The van der Waals surface area contributed by atoms with Gasteiger partial charge in [-0.25, -0.2) is 0 Å². The smallest absolute Gasteiger partial charge is 0.256 e. The molecule has 0 aromatic heterocycles. The zero-order valence-electron chi connectivity index (χ0n) is 14.9. The summed E-state index contributed by atoms with van der Waals surface area (Å²) in [7, 11) is 0. The van der Waals surface area contributed by atoms with Gasteiger partial charge in [-0.2, -0.15) is 0 Å². The van der Waals surface area contributed by atoms with Crippen molar-refractivity contribution in [2.45, 2.75) is 0 Å². The molecule has 3 aromatic rings. The maximum absolute atomic E-state index is 6.27. The maximum Gasteiger partial charge on any atom is 0.256 e. The average Bonchev–Trinajstić information content (AvgIpc) is 2.72. The van der Waals surface area contributed by atoms with E-state index in [9.17, 15) is 0 Å². The Hall–Kier alpha value is -3.46. The van der Waals surface area contributed by atoms with Crippen LogP contribution in [0.15, 0.2) is 104 Å². The highest BCUT2D eigenvalue weighted by molar-refractivity contribution is 6.99. The van der Waals surface area contributed by atoms with E-state index < -0.39 is 0 Å². The number of benzene rings is 3. The van der Waals surface area contributed by atoms with Gasteiger partial charge in [-0.15, -0.1) is 0 Å². The molecular formula is C24H18BNO. The Kier molecular flexibility index (Phi) is 3.54. The highest BCUT2D eigenvalue weighted by Crippen LogP contribution is 2.37. The molecule has 5 rings (SSSR count). The van der Waals surface area contributed by atoms with Gasteiger partial charge in [0.2, 0.25) is 0 Å². The van der Waals surface area contributed by atoms with Crippen LogP contribution in [-0.4, -0.2) is 6.71 Å². The van der Waals surface area contributed by atoms with Gasteiger partial charge in [0, 0.05) is 17.1 Å². The summed E-state index contributed by atoms with van der Waals surface area (Å²) in [6, 6.07) is 23.1. The summed E-state index contributed by atoms with van der Waals surface area (Å²) in [6.07, 6.45) is 5.66. The molecule has 2 nitrogen and oxygen atoms in total. The van der Waals surface area contributed by atoms with Crippen LogP contribution in [0.5, 0.6) is 11.5 Å². The fourth-order valence-electron chi connectivity index (χ4n) is 4.21. The van der Waals surface area contributed by atoms with Gasteiger partial charge in [0.1, 0.15) is 11.5 Å². The van der Waals surface area contributed by atoms with Crippen LogP contribution in [0.3, 0.4) is 0 Å². The Morgan fingerprint density at radius 1 is 0.815 bits per heavy atom. The molecule has 0 unspecified atom stereocenters. The minimum absolute atomic E-state index is 0.156. The van der Waals surface area contributed by atoms with Crippen LogP contribution < -0.4 is 26.0 Å². The molecule has 0 bridgehead atoms. The van der Waals surface area contributed by atoms with Crippen molar-refractivity contribution in [3.63, 3.8) is 0 Å². The molecule has 3 heteroatoms. The second-order valence-corrected chi connectivity index (χ2v) is 6.69. The van der Waals surface area contributed by atoms with Gasteiger partial charge in [-0.1, -0.05) is 61.7 Å². The van der Waals surface area contributed by atoms with Crippen molar-refractivity contribution in [3.8, 4) is 11.5 Å². The molecule has 0 radical (unpaired) electrons. The monoisotopic (exact) mass is 347 g/mol. The summed E-state index contributed by atoms with van der Waals surface area (Å²) in [5, 5.41) is 0. The Morgan fingerprint density at radius 3 is 2.33 bits per heavy atom. The zero-order valence-corrected chi connectivity index (χ0v) is 14.9. The van der Waals surface area contributed by atoms with Gasteiger partial charge in [0.05, 0.1) is 0 Å². The Morgan fingerprint density at radius 2 is 1.52 bits per heavy atom. The lowest BCUT2D eigenvalue weighted by molar-refractivity contribution is 0.487. The van der Waals surface area contributed by atoms with Gasteiger partial charge < -0.3 is 9.64 Å². The number of allylic oxidation sites excluding steroid dienone is 3. The summed E-state index contributed by atoms with van der Waals surface area (Å²) in [6.45, 7) is 8.05. The van der Waals surface area contributed by atoms with Crippen molar-refractivity contribution < 1.29 is 4.74 Å². The first kappa shape index (κ1) is 15.8. The number of fused-ring (bicyclic) bond motifs is 4. The van der Waals surface area contributed by atoms with Crippen LogP contribution in [0.4, 0.5) is 11.4 Å². The number of nitrogens with zero attached hydrogens (tertiary/aromatic N) is 1. The number of rotatable bonds is 3. The largest absolute Gasteiger partial charge is 0.458 e. The second-order valence-electron chi connectivity index (χ2n) is 6.69. The number of hydrogen-bond acceptors (Lipinski definition) is 2. The molecule has 0 saturated heterocycles. The quantitative estimate of drug-likeness (QED) is 0.410. The molecule has 2 aliphatic rings. The number of ether oxygens (including phenoxy) is 1. The van der Waals surface area contributed by atoms with Crippen LogP contribution >= 0.6 is 0 Å². The SMILES string of the molecule is C=C/C=C(\C=C)N1c2ccccc2B2c3ccccc3Oc3cccc1c32. The highest BCUT2D eigenvalue weighted by atomic mass is 16.5. The first-order valence-corrected chi connectivity index (χ1v) is 9.07. The fraction of sp³-hybridized carbons (Fsp3) is 0. The van der Waals surface area contributed by atoms with Gasteiger partial charge in [-0.3, -0.25) is 0 Å². The highest BCUT2D eigenvalue weighted by Gasteiger charge is 2.41. The van der Waals surface area contributed by atoms with Crippen molar-refractivity contribution >= 4 is 34.5 Å². The molecule has 2 heterocycles. The van der Waals surface area contributed by atoms with Crippen molar-refractivity contribution in [2.24, 2.45) is 0 Å². The number of hydrogen-bond donors (Lipinski definition) is 0. The summed E-state index contributed by atoms with van der Waals surface area (Å²) in [5.41, 5.74) is 6.95. The third-order valence-corrected chi connectivity index (χ3v) is 5.27. The van der Waals surface area contributed by atoms with Crippen LogP contribution in [0.2, 0.25) is 0 Å². The first-order chi connectivity index (χ1) is 13.3. The van der Waals surface area contributed by atoms with Crippen LogP contribution in [0.25, 0.3) is 0 Å². The molecule has 0 aliphatic carbocycles. The third-order valence-electron chi connectivity index (χ3n) is 5.27. The summed E-state index contributed by atoms with van der Waals surface area (Å²) in [5.74, 6) is 1.85. The predicted molar refractivity (Wildman–Crippen MR) is 115 cm³/mol. The van der Waals surface area contributed by atoms with Crippen molar-refractivity contribution in [2.75, 3.05) is 4.90 Å². The molecule has 0 amide bonds. The zero-order chi connectivity index (χ0) is 18.4. The predicted octanol–water partition coefficient (Wildman–Crippen LogP) is 4.02. The lowest BCUT2D eigenvalue weighted by Gasteiger charge is -2.40. The molecule has 27 heavy (non-hydrogen) atoms. The van der Waals surface area contributed by atoms with E-state index in [1.807, 2.05) is 24.3 Å². The Bertz CT molecular complexity index is 1110. The second kappa shape index (κ2) is 6.06. The number of para-hydroxylation sites is 2. The molecular weight excluding hydrogens is 329 g/mol. The van der Waals surface area contributed by atoms with E-state index in [1.54, 1.807) is 6.08 Å². The normalized spacial score (nSPS) is 13.9. The molecule has 0 fully saturated rings. The van der Waals surface area contributed by atoms with Crippen molar-refractivity contribution in [1.82, 2.24) is 0 Å². The van der Waals surface area contributed by atoms with Crippen LogP contribution in [0.1, 0.15) is 0 Å². The first-order valence-electron chi connectivity index (χ1n) is 9.07. The lowest BCUT2D eigenvalue weighted by atomic mass is 9.34. The van der Waals surface area contributed by atoms with E-state index in [0.29, 0.717) is 0 Å². The van der Waals surface area contributed by atoms with E-state index >= 15 is 0 Å². The van der Waals surface area contributed by atoms with Crippen LogP contribution in [-0.2, 0) is 0 Å². The molecule has 0 saturated carbocycles. The van der Waals surface area contributed by atoms with E-state index in [2.05, 4.69) is 72.7 Å². The van der Waals surface area contributed by atoms with E-state index in [1.165, 1.54) is 16.4 Å². The Balaban J connectivity index is 1.86. The Labute approximate surface area is 159 Å². The van der Waals surface area contributed by atoms with E-state index in [4.69, 9.17) is 4.74 Å². The average molecular weight is 347 g/mol. The molecule has 0 N–H and O–H groups in total. The van der Waals surface area contributed by atoms with Crippen LogP contribution in [0, 0.1) is 0 Å². The minimum atomic E-state index is 0.156. The maximum atomic E-state index is 6.27. The molecule has 128 valence electrons. The summed E-state index contributed by atoms with van der Waals surface area (Å²) < 4.78 is 6.27. The van der Waals surface area contributed by atoms with Gasteiger partial charge >= 0.3 is 0 Å². The summed E-state index contributed by atoms with van der Waals surface area (Å²) >= 11 is 0. The summed E-state index contributed by atoms with van der Waals surface area (Å²) in [4.78, 5) is 2.25. The fourth-order valence-corrected chi connectivity index (χ4v) is 4.21. The van der Waals surface area contributed by atoms with Gasteiger partial charge in [-0.05, 0) is 52.8 Å². The van der Waals surface area contributed by atoms with Crippen molar-refractivity contribution in [1.29, 1.82) is 0 Å². The lowest BCUT2D eigenvalue weighted by Crippen LogP contribution is -2.59. The molecule has 3 aromatic carbocycles. The minimum Gasteiger partial charge on any atom is -0.458 e. The molecule has 0 spiro atoms. The van der Waals surface area contributed by atoms with Gasteiger partial charge in [0.25, 0.3) is 6.71 Å². The third kappa shape index (κ3) is 2.22. The van der Waals surface area contributed by atoms with E-state index in [-0.39, 0.29) is 6.71 Å². The van der Waals surface area contributed by atoms with Crippen molar-refractivity contribution in [3.05, 3.63) is 104 Å². The number of anilines is 2. The molecule has 0 atom stereocenters.